The van der Waals surface area contributed by atoms with Gasteiger partial charge in [-0.15, -0.1) is 10.2 Å². The Balaban J connectivity index is 1.68. The predicted octanol–water partition coefficient (Wildman–Crippen LogP) is 3.73. The lowest BCUT2D eigenvalue weighted by atomic mass is 10.1. The lowest BCUT2D eigenvalue weighted by Gasteiger charge is -2.26. The number of hydrogen-bond acceptors (Lipinski definition) is 7. The van der Waals surface area contributed by atoms with Crippen molar-refractivity contribution in [2.75, 3.05) is 31.1 Å². The molecule has 0 atom stereocenters. The van der Waals surface area contributed by atoms with Gasteiger partial charge in [0.15, 0.2) is 16.6 Å². The first kappa shape index (κ1) is 20.0. The van der Waals surface area contributed by atoms with E-state index >= 15 is 0 Å². The average molecular weight is 442 g/mol. The highest BCUT2D eigenvalue weighted by Gasteiger charge is 2.23. The molecule has 0 saturated carbocycles. The van der Waals surface area contributed by atoms with Gasteiger partial charge in [-0.3, -0.25) is 0 Å². The second kappa shape index (κ2) is 7.93. The smallest absolute Gasteiger partial charge is 0.186 e. The largest absolute Gasteiger partial charge is 0.346 e. The molecule has 1 saturated heterocycles. The summed E-state index contributed by atoms with van der Waals surface area (Å²) in [5, 5.41) is 17.3. The van der Waals surface area contributed by atoms with Gasteiger partial charge in [-0.05, 0) is 24.3 Å². The maximum Gasteiger partial charge on any atom is 0.186 e. The van der Waals surface area contributed by atoms with E-state index in [2.05, 4.69) is 20.4 Å². The third-order valence-corrected chi connectivity index (χ3v) is 6.36. The molecule has 1 aliphatic heterocycles. The number of halogens is 2. The van der Waals surface area contributed by atoms with Gasteiger partial charge in [-0.2, -0.15) is 9.61 Å². The number of hydrogen-bond donors (Lipinski definition) is 1. The zero-order chi connectivity index (χ0) is 21.5. The van der Waals surface area contributed by atoms with Gasteiger partial charge in [0.25, 0.3) is 0 Å². The lowest BCUT2D eigenvalue weighted by molar-refractivity contribution is 0.584. The minimum atomic E-state index is -0.647. The van der Waals surface area contributed by atoms with Crippen LogP contribution in [0.4, 0.5) is 13.9 Å². The molecule has 1 aromatic carbocycles. The van der Waals surface area contributed by atoms with Crippen molar-refractivity contribution in [3.05, 3.63) is 47.8 Å². The molecular formula is C21H21F2N7S. The standard InChI is InChI=1S/C21H21F2N7S/c1-12(2)20-27-26-17-6-5-16(28-30(17)20)19-18(14-4-3-13(22)11-15(14)23)25-21(31-19)29-9-7-24-8-10-29/h3-6,11-12,24H,7-10H2,1-2H3. The maximum absolute atomic E-state index is 14.7. The van der Waals surface area contributed by atoms with Crippen molar-refractivity contribution in [3.8, 4) is 21.8 Å². The highest BCUT2D eigenvalue weighted by atomic mass is 32.1. The van der Waals surface area contributed by atoms with Gasteiger partial charge in [0.05, 0.1) is 10.6 Å². The first-order valence-electron chi connectivity index (χ1n) is 10.2. The Hall–Kier alpha value is -2.98. The van der Waals surface area contributed by atoms with Gasteiger partial charge >= 0.3 is 0 Å². The van der Waals surface area contributed by atoms with Gasteiger partial charge < -0.3 is 10.2 Å². The first-order chi connectivity index (χ1) is 15.0. The van der Waals surface area contributed by atoms with E-state index in [9.17, 15) is 8.78 Å². The number of piperazine rings is 1. The fraction of sp³-hybridized carbons (Fsp3) is 0.333. The Morgan fingerprint density at radius 1 is 1.06 bits per heavy atom. The number of aromatic nitrogens is 5. The predicted molar refractivity (Wildman–Crippen MR) is 116 cm³/mol. The molecule has 0 amide bonds. The molecule has 3 aromatic heterocycles. The molecule has 4 aromatic rings. The fourth-order valence-electron chi connectivity index (χ4n) is 3.62. The van der Waals surface area contributed by atoms with E-state index in [-0.39, 0.29) is 11.5 Å². The second-order valence-corrected chi connectivity index (χ2v) is 8.71. The van der Waals surface area contributed by atoms with Crippen molar-refractivity contribution >= 4 is 22.1 Å². The van der Waals surface area contributed by atoms with Gasteiger partial charge in [-0.1, -0.05) is 25.2 Å². The zero-order valence-corrected chi connectivity index (χ0v) is 18.0. The van der Waals surface area contributed by atoms with Gasteiger partial charge in [0, 0.05) is 43.7 Å². The molecule has 0 radical (unpaired) electrons. The van der Waals surface area contributed by atoms with Crippen LogP contribution in [0.2, 0.25) is 0 Å². The SMILES string of the molecule is CC(C)c1nnc2ccc(-c3sc(N4CCNCC4)nc3-c3ccc(F)cc3F)nn12. The van der Waals surface area contributed by atoms with Crippen LogP contribution in [0.15, 0.2) is 30.3 Å². The normalized spacial score (nSPS) is 14.7. The van der Waals surface area contributed by atoms with Gasteiger partial charge in [0.1, 0.15) is 17.3 Å². The van der Waals surface area contributed by atoms with Crippen LogP contribution in [-0.4, -0.2) is 51.0 Å². The van der Waals surface area contributed by atoms with Crippen LogP contribution < -0.4 is 10.2 Å². The fourth-order valence-corrected chi connectivity index (χ4v) is 4.72. The molecule has 10 heteroatoms. The number of nitrogens with zero attached hydrogens (tertiary/aromatic N) is 6. The summed E-state index contributed by atoms with van der Waals surface area (Å²) in [4.78, 5) is 7.67. The van der Waals surface area contributed by atoms with Crippen molar-refractivity contribution in [2.45, 2.75) is 19.8 Å². The molecule has 0 unspecified atom stereocenters. The number of fused-ring (bicyclic) bond motifs is 1. The van der Waals surface area contributed by atoms with E-state index < -0.39 is 11.6 Å². The quantitative estimate of drug-likeness (QED) is 0.520. The monoisotopic (exact) mass is 441 g/mol. The molecule has 1 fully saturated rings. The Bertz CT molecular complexity index is 1240. The van der Waals surface area contributed by atoms with Crippen LogP contribution in [0.1, 0.15) is 25.6 Å². The van der Waals surface area contributed by atoms with E-state index in [1.165, 1.54) is 23.5 Å². The Morgan fingerprint density at radius 3 is 2.61 bits per heavy atom. The summed E-state index contributed by atoms with van der Waals surface area (Å²) in [6.45, 7) is 7.40. The van der Waals surface area contributed by atoms with E-state index in [0.29, 0.717) is 17.0 Å². The number of nitrogens with one attached hydrogen (secondary N) is 1. The third kappa shape index (κ3) is 3.66. The second-order valence-electron chi connectivity index (χ2n) is 7.74. The number of rotatable bonds is 4. The number of thiazole rings is 1. The summed E-state index contributed by atoms with van der Waals surface area (Å²) in [7, 11) is 0. The van der Waals surface area contributed by atoms with Crippen molar-refractivity contribution in [1.82, 2.24) is 30.1 Å². The van der Waals surface area contributed by atoms with Crippen LogP contribution in [0, 0.1) is 11.6 Å². The molecule has 7 nitrogen and oxygen atoms in total. The van der Waals surface area contributed by atoms with E-state index in [1.54, 1.807) is 4.52 Å². The van der Waals surface area contributed by atoms with Crippen molar-refractivity contribution in [2.24, 2.45) is 0 Å². The molecule has 0 bridgehead atoms. The van der Waals surface area contributed by atoms with E-state index in [1.807, 2.05) is 26.0 Å². The molecule has 1 aliphatic rings. The molecule has 5 rings (SSSR count). The number of benzene rings is 1. The molecule has 160 valence electrons. The molecule has 0 aliphatic carbocycles. The van der Waals surface area contributed by atoms with Gasteiger partial charge in [-0.25, -0.2) is 13.8 Å². The van der Waals surface area contributed by atoms with Crippen LogP contribution in [0.5, 0.6) is 0 Å². The first-order valence-corrected chi connectivity index (χ1v) is 11.0. The highest BCUT2D eigenvalue weighted by molar-refractivity contribution is 7.19. The summed E-state index contributed by atoms with van der Waals surface area (Å²) in [5.41, 5.74) is 2.01. The van der Waals surface area contributed by atoms with E-state index in [0.717, 1.165) is 48.1 Å². The van der Waals surface area contributed by atoms with Crippen molar-refractivity contribution < 1.29 is 8.78 Å². The van der Waals surface area contributed by atoms with Crippen LogP contribution in [-0.2, 0) is 0 Å². The summed E-state index contributed by atoms with van der Waals surface area (Å²) in [5.74, 6) is -0.375. The van der Waals surface area contributed by atoms with Crippen LogP contribution in [0.25, 0.3) is 27.5 Å². The Kier molecular flexibility index (Phi) is 5.11. The number of anilines is 1. The van der Waals surface area contributed by atoms with Gasteiger partial charge in [0.2, 0.25) is 0 Å². The topological polar surface area (TPSA) is 71.2 Å². The third-order valence-electron chi connectivity index (χ3n) is 5.23. The minimum Gasteiger partial charge on any atom is -0.346 e. The van der Waals surface area contributed by atoms with Crippen LogP contribution >= 0.6 is 11.3 Å². The summed E-state index contributed by atoms with van der Waals surface area (Å²) >= 11 is 1.46. The summed E-state index contributed by atoms with van der Waals surface area (Å²) in [6.07, 6.45) is 0. The zero-order valence-electron chi connectivity index (χ0n) is 17.1. The van der Waals surface area contributed by atoms with Crippen molar-refractivity contribution in [1.29, 1.82) is 0 Å². The summed E-state index contributed by atoms with van der Waals surface area (Å²) < 4.78 is 30.0. The molecule has 31 heavy (non-hydrogen) atoms. The summed E-state index contributed by atoms with van der Waals surface area (Å²) in [6, 6.07) is 7.25. The average Bonchev–Trinajstić information content (AvgIpc) is 3.38. The highest BCUT2D eigenvalue weighted by Crippen LogP contribution is 2.40. The molecule has 1 N–H and O–H groups in total. The molecular weight excluding hydrogens is 420 g/mol. The lowest BCUT2D eigenvalue weighted by Crippen LogP contribution is -2.43. The Morgan fingerprint density at radius 2 is 1.87 bits per heavy atom. The van der Waals surface area contributed by atoms with E-state index in [4.69, 9.17) is 10.1 Å². The Labute approximate surface area is 181 Å². The van der Waals surface area contributed by atoms with Crippen LogP contribution in [0.3, 0.4) is 0 Å². The minimum absolute atomic E-state index is 0.143. The molecule has 4 heterocycles. The maximum atomic E-state index is 14.7. The van der Waals surface area contributed by atoms with Crippen molar-refractivity contribution in [3.63, 3.8) is 0 Å². The molecule has 0 spiro atoms.